The van der Waals surface area contributed by atoms with Gasteiger partial charge in [-0.15, -0.1) is 11.3 Å². The first-order valence-corrected chi connectivity index (χ1v) is 8.65. The van der Waals surface area contributed by atoms with E-state index in [2.05, 4.69) is 46.6 Å². The Kier molecular flexibility index (Phi) is 2.84. The summed E-state index contributed by atoms with van der Waals surface area (Å²) in [4.78, 5) is 14.1. The number of rotatable bonds is 2. The van der Waals surface area contributed by atoms with Crippen LogP contribution in [0.3, 0.4) is 0 Å². The number of thiazole rings is 1. The number of aryl methyl sites for hydroxylation is 1. The van der Waals surface area contributed by atoms with Crippen molar-refractivity contribution in [2.45, 2.75) is 6.92 Å². The molecule has 3 aromatic heterocycles. The standard InChI is InChI=1S/C19H14N4S/c1-12-7-8-14-15(11-12)21-18(20-14)17-16(13-5-3-2-4-6-13)22-19-23(17)9-10-24-19/h2-11H,1H3,(H,20,21). The third kappa shape index (κ3) is 1.98. The molecule has 0 atom stereocenters. The average Bonchev–Trinajstić information content (AvgIpc) is 3.28. The fourth-order valence-electron chi connectivity index (χ4n) is 3.04. The zero-order chi connectivity index (χ0) is 16.1. The first-order chi connectivity index (χ1) is 11.8. The predicted octanol–water partition coefficient (Wildman–Crippen LogP) is 4.91. The molecule has 0 bridgehead atoms. The lowest BCUT2D eigenvalue weighted by Gasteiger charge is -2.01. The number of nitrogens with zero attached hydrogens (tertiary/aromatic N) is 3. The van der Waals surface area contributed by atoms with Gasteiger partial charge in [0.05, 0.1) is 11.0 Å². The number of hydrogen-bond acceptors (Lipinski definition) is 3. The van der Waals surface area contributed by atoms with Crippen LogP contribution in [0.5, 0.6) is 0 Å². The highest BCUT2D eigenvalue weighted by molar-refractivity contribution is 7.15. The lowest BCUT2D eigenvalue weighted by atomic mass is 10.1. The molecule has 0 saturated heterocycles. The van der Waals surface area contributed by atoms with Crippen molar-refractivity contribution in [1.29, 1.82) is 0 Å². The Morgan fingerprint density at radius 1 is 1.04 bits per heavy atom. The molecule has 116 valence electrons. The first-order valence-electron chi connectivity index (χ1n) is 7.77. The molecule has 5 rings (SSSR count). The smallest absolute Gasteiger partial charge is 0.194 e. The van der Waals surface area contributed by atoms with Crippen LogP contribution < -0.4 is 0 Å². The number of fused-ring (bicyclic) bond motifs is 2. The number of aromatic amines is 1. The van der Waals surface area contributed by atoms with E-state index in [-0.39, 0.29) is 0 Å². The SMILES string of the molecule is Cc1ccc2nc(-c3c(-c4ccccc4)nc4sccn34)[nH]c2c1. The van der Waals surface area contributed by atoms with E-state index in [1.54, 1.807) is 11.3 Å². The van der Waals surface area contributed by atoms with Gasteiger partial charge in [-0.05, 0) is 24.6 Å². The maximum absolute atomic E-state index is 4.83. The van der Waals surface area contributed by atoms with Crippen molar-refractivity contribution in [3.63, 3.8) is 0 Å². The molecular formula is C19H14N4S. The van der Waals surface area contributed by atoms with Crippen molar-refractivity contribution >= 4 is 27.3 Å². The van der Waals surface area contributed by atoms with Crippen LogP contribution in [0.1, 0.15) is 5.56 Å². The number of nitrogens with one attached hydrogen (secondary N) is 1. The van der Waals surface area contributed by atoms with Crippen LogP contribution in [0.4, 0.5) is 0 Å². The minimum absolute atomic E-state index is 0.848. The number of imidazole rings is 2. The van der Waals surface area contributed by atoms with Gasteiger partial charge in [0.25, 0.3) is 0 Å². The summed E-state index contributed by atoms with van der Waals surface area (Å²) in [6.07, 6.45) is 2.05. The molecule has 2 aromatic carbocycles. The van der Waals surface area contributed by atoms with Gasteiger partial charge in [-0.2, -0.15) is 0 Å². The van der Waals surface area contributed by atoms with E-state index in [4.69, 9.17) is 9.97 Å². The molecule has 0 unspecified atom stereocenters. The van der Waals surface area contributed by atoms with Gasteiger partial charge in [-0.1, -0.05) is 36.4 Å². The van der Waals surface area contributed by atoms with Crippen LogP contribution in [0, 0.1) is 6.92 Å². The minimum Gasteiger partial charge on any atom is -0.337 e. The summed E-state index contributed by atoms with van der Waals surface area (Å²) >= 11 is 1.63. The van der Waals surface area contributed by atoms with Crippen molar-refractivity contribution < 1.29 is 0 Å². The minimum atomic E-state index is 0.848. The van der Waals surface area contributed by atoms with Gasteiger partial charge in [-0.3, -0.25) is 4.40 Å². The van der Waals surface area contributed by atoms with Crippen LogP contribution in [-0.4, -0.2) is 19.4 Å². The first kappa shape index (κ1) is 13.5. The fraction of sp³-hybridized carbons (Fsp3) is 0.0526. The van der Waals surface area contributed by atoms with E-state index in [0.717, 1.165) is 38.8 Å². The predicted molar refractivity (Wildman–Crippen MR) is 98.3 cm³/mol. The maximum atomic E-state index is 4.83. The summed E-state index contributed by atoms with van der Waals surface area (Å²) in [7, 11) is 0. The van der Waals surface area contributed by atoms with Crippen molar-refractivity contribution in [2.75, 3.05) is 0 Å². The summed E-state index contributed by atoms with van der Waals surface area (Å²) in [5, 5.41) is 2.05. The van der Waals surface area contributed by atoms with Gasteiger partial charge in [0.1, 0.15) is 11.4 Å². The van der Waals surface area contributed by atoms with E-state index < -0.39 is 0 Å². The quantitative estimate of drug-likeness (QED) is 0.499. The highest BCUT2D eigenvalue weighted by Crippen LogP contribution is 2.33. The number of benzene rings is 2. The number of aromatic nitrogens is 4. The monoisotopic (exact) mass is 330 g/mol. The lowest BCUT2D eigenvalue weighted by molar-refractivity contribution is 1.19. The van der Waals surface area contributed by atoms with Gasteiger partial charge in [-0.25, -0.2) is 9.97 Å². The van der Waals surface area contributed by atoms with Crippen molar-refractivity contribution in [2.24, 2.45) is 0 Å². The summed E-state index contributed by atoms with van der Waals surface area (Å²) in [5.74, 6) is 0.848. The van der Waals surface area contributed by atoms with E-state index in [0.29, 0.717) is 0 Å². The largest absolute Gasteiger partial charge is 0.337 e. The van der Waals surface area contributed by atoms with Crippen LogP contribution >= 0.6 is 11.3 Å². The number of hydrogen-bond donors (Lipinski definition) is 1. The Hall–Kier alpha value is -2.92. The van der Waals surface area contributed by atoms with E-state index >= 15 is 0 Å². The highest BCUT2D eigenvalue weighted by Gasteiger charge is 2.19. The van der Waals surface area contributed by atoms with E-state index in [1.807, 2.05) is 29.8 Å². The summed E-state index contributed by atoms with van der Waals surface area (Å²) in [6.45, 7) is 2.09. The van der Waals surface area contributed by atoms with E-state index in [9.17, 15) is 0 Å². The maximum Gasteiger partial charge on any atom is 0.194 e. The molecule has 0 spiro atoms. The Morgan fingerprint density at radius 3 is 2.79 bits per heavy atom. The molecule has 0 radical (unpaired) electrons. The van der Waals surface area contributed by atoms with Gasteiger partial charge in [0.2, 0.25) is 0 Å². The molecule has 5 heteroatoms. The molecule has 0 aliphatic rings. The van der Waals surface area contributed by atoms with Crippen LogP contribution in [0.2, 0.25) is 0 Å². The van der Waals surface area contributed by atoms with Crippen molar-refractivity contribution in [3.05, 3.63) is 65.7 Å². The molecule has 0 amide bonds. The Balaban J connectivity index is 1.82. The molecule has 0 aliphatic carbocycles. The van der Waals surface area contributed by atoms with Gasteiger partial charge in [0.15, 0.2) is 10.8 Å². The van der Waals surface area contributed by atoms with Crippen LogP contribution in [0.15, 0.2) is 60.1 Å². The molecular weight excluding hydrogens is 316 g/mol. The second-order valence-electron chi connectivity index (χ2n) is 5.84. The average molecular weight is 330 g/mol. The second kappa shape index (κ2) is 5.04. The molecule has 5 aromatic rings. The third-order valence-electron chi connectivity index (χ3n) is 4.17. The van der Waals surface area contributed by atoms with Gasteiger partial charge in [0, 0.05) is 17.1 Å². The molecule has 0 saturated carbocycles. The third-order valence-corrected chi connectivity index (χ3v) is 4.93. The van der Waals surface area contributed by atoms with Gasteiger partial charge < -0.3 is 4.98 Å². The summed E-state index contributed by atoms with van der Waals surface area (Å²) in [5.41, 5.74) is 6.30. The molecule has 0 aliphatic heterocycles. The number of H-pyrrole nitrogens is 1. The highest BCUT2D eigenvalue weighted by atomic mass is 32.1. The molecule has 4 nitrogen and oxygen atoms in total. The Morgan fingerprint density at radius 2 is 1.92 bits per heavy atom. The Bertz CT molecular complexity index is 1160. The molecule has 0 fully saturated rings. The van der Waals surface area contributed by atoms with Crippen LogP contribution in [0.25, 0.3) is 38.8 Å². The van der Waals surface area contributed by atoms with Crippen LogP contribution in [-0.2, 0) is 0 Å². The zero-order valence-electron chi connectivity index (χ0n) is 13.0. The summed E-state index contributed by atoms with van der Waals surface area (Å²) in [6, 6.07) is 16.5. The normalized spacial score (nSPS) is 11.5. The molecule has 24 heavy (non-hydrogen) atoms. The fourth-order valence-corrected chi connectivity index (χ4v) is 3.76. The molecule has 3 heterocycles. The zero-order valence-corrected chi connectivity index (χ0v) is 13.8. The summed E-state index contributed by atoms with van der Waals surface area (Å²) < 4.78 is 2.11. The van der Waals surface area contributed by atoms with E-state index in [1.165, 1.54) is 5.56 Å². The lowest BCUT2D eigenvalue weighted by Crippen LogP contribution is -1.89. The molecule has 1 N–H and O–H groups in total. The van der Waals surface area contributed by atoms with Crippen molar-refractivity contribution in [1.82, 2.24) is 19.4 Å². The van der Waals surface area contributed by atoms with Gasteiger partial charge >= 0.3 is 0 Å². The van der Waals surface area contributed by atoms with Crippen molar-refractivity contribution in [3.8, 4) is 22.8 Å². The second-order valence-corrected chi connectivity index (χ2v) is 6.71. The Labute approximate surface area is 142 Å². The topological polar surface area (TPSA) is 46.0 Å².